The maximum Gasteiger partial charge on any atom is 0.189 e. The van der Waals surface area contributed by atoms with Crippen molar-refractivity contribution in [2.45, 2.75) is 13.8 Å². The summed E-state index contributed by atoms with van der Waals surface area (Å²) in [6.07, 6.45) is 0. The van der Waals surface area contributed by atoms with Crippen molar-refractivity contribution in [3.05, 3.63) is 10.6 Å². The molecule has 1 heterocycles. The van der Waals surface area contributed by atoms with Gasteiger partial charge in [-0.05, 0) is 26.1 Å². The second-order valence-electron chi connectivity index (χ2n) is 2.36. The van der Waals surface area contributed by atoms with E-state index in [1.165, 1.54) is 4.88 Å². The van der Waals surface area contributed by atoms with Crippen LogP contribution in [-0.4, -0.2) is 17.1 Å². The lowest BCUT2D eigenvalue weighted by Gasteiger charge is -2.01. The first kappa shape index (κ1) is 9.41. The van der Waals surface area contributed by atoms with Gasteiger partial charge in [0.2, 0.25) is 0 Å². The molecule has 1 rings (SSSR count). The molecule has 0 aliphatic carbocycles. The molecule has 0 aliphatic rings. The molecule has 5 heteroatoms. The van der Waals surface area contributed by atoms with Crippen LogP contribution in [0.1, 0.15) is 10.6 Å². The number of thiazole rings is 1. The van der Waals surface area contributed by atoms with Crippen LogP contribution in [0.2, 0.25) is 0 Å². The number of nitrogens with zero attached hydrogens (tertiary/aromatic N) is 1. The molecule has 0 aliphatic heterocycles. The summed E-state index contributed by atoms with van der Waals surface area (Å²) in [5, 5.41) is 7.26. The molecule has 0 spiro atoms. The molecule has 3 nitrogen and oxygen atoms in total. The van der Waals surface area contributed by atoms with Crippen molar-refractivity contribution in [3.63, 3.8) is 0 Å². The van der Waals surface area contributed by atoms with E-state index in [9.17, 15) is 0 Å². The Kier molecular flexibility index (Phi) is 2.99. The quantitative estimate of drug-likeness (QED) is 0.678. The molecule has 0 unspecified atom stereocenters. The van der Waals surface area contributed by atoms with E-state index in [1.807, 2.05) is 13.8 Å². The smallest absolute Gasteiger partial charge is 0.189 e. The van der Waals surface area contributed by atoms with Gasteiger partial charge in [0, 0.05) is 11.9 Å². The third-order valence-corrected chi connectivity index (χ3v) is 2.77. The number of aromatic nitrogens is 1. The number of nitrogens with one attached hydrogen (secondary N) is 2. The lowest BCUT2D eigenvalue weighted by molar-refractivity contribution is 1.18. The zero-order valence-corrected chi connectivity index (χ0v) is 8.90. The Morgan fingerprint density at radius 3 is 2.58 bits per heavy atom. The molecule has 0 saturated carbocycles. The van der Waals surface area contributed by atoms with Gasteiger partial charge in [-0.15, -0.1) is 11.3 Å². The van der Waals surface area contributed by atoms with E-state index in [2.05, 4.69) is 15.6 Å². The third-order valence-electron chi connectivity index (χ3n) is 1.48. The highest BCUT2D eigenvalue weighted by Gasteiger charge is 2.03. The number of thiocarbonyl (C=S) groups is 1. The molecule has 0 amide bonds. The number of hydrogen-bond donors (Lipinski definition) is 2. The summed E-state index contributed by atoms with van der Waals surface area (Å²) < 4.78 is 0. The summed E-state index contributed by atoms with van der Waals surface area (Å²) in [5.74, 6) is 0. The van der Waals surface area contributed by atoms with Gasteiger partial charge in [0.1, 0.15) is 0 Å². The Morgan fingerprint density at radius 1 is 1.50 bits per heavy atom. The van der Waals surface area contributed by atoms with Crippen LogP contribution < -0.4 is 10.6 Å². The number of hydrogen-bond acceptors (Lipinski definition) is 3. The van der Waals surface area contributed by atoms with Crippen LogP contribution in [0.3, 0.4) is 0 Å². The average Bonchev–Trinajstić information content (AvgIpc) is 2.31. The van der Waals surface area contributed by atoms with Crippen molar-refractivity contribution < 1.29 is 0 Å². The third kappa shape index (κ3) is 2.15. The van der Waals surface area contributed by atoms with Crippen molar-refractivity contribution in [2.24, 2.45) is 0 Å². The summed E-state index contributed by atoms with van der Waals surface area (Å²) in [4.78, 5) is 5.50. The van der Waals surface area contributed by atoms with Gasteiger partial charge in [0.15, 0.2) is 10.2 Å². The van der Waals surface area contributed by atoms with Gasteiger partial charge < -0.3 is 10.6 Å². The van der Waals surface area contributed by atoms with Crippen LogP contribution in [-0.2, 0) is 0 Å². The molecule has 0 saturated heterocycles. The van der Waals surface area contributed by atoms with Crippen LogP contribution in [0.25, 0.3) is 0 Å². The van der Waals surface area contributed by atoms with E-state index >= 15 is 0 Å². The first-order chi connectivity index (χ1) is 5.63. The normalized spacial score (nSPS) is 9.58. The maximum absolute atomic E-state index is 4.93. The molecule has 0 aromatic carbocycles. The fourth-order valence-corrected chi connectivity index (χ4v) is 1.67. The van der Waals surface area contributed by atoms with Crippen LogP contribution in [0.5, 0.6) is 0 Å². The number of rotatable bonds is 1. The van der Waals surface area contributed by atoms with Gasteiger partial charge in [0.05, 0.1) is 5.69 Å². The van der Waals surface area contributed by atoms with E-state index in [-0.39, 0.29) is 0 Å². The Bertz CT molecular complexity index is 273. The Labute approximate surface area is 81.2 Å². The van der Waals surface area contributed by atoms with Crippen molar-refractivity contribution in [2.75, 3.05) is 12.4 Å². The highest BCUT2D eigenvalue weighted by Crippen LogP contribution is 2.20. The van der Waals surface area contributed by atoms with E-state index in [0.29, 0.717) is 5.11 Å². The monoisotopic (exact) mass is 201 g/mol. The largest absolute Gasteiger partial charge is 0.365 e. The van der Waals surface area contributed by atoms with Gasteiger partial charge in [-0.1, -0.05) is 0 Å². The summed E-state index contributed by atoms with van der Waals surface area (Å²) in [6, 6.07) is 0. The highest BCUT2D eigenvalue weighted by atomic mass is 32.1. The van der Waals surface area contributed by atoms with E-state index in [1.54, 1.807) is 18.4 Å². The standard InChI is InChI=1S/C7H11N3S2/c1-4-5(2)12-7(9-4)10-6(11)8-3/h1-3H3,(H2,8,9,10,11). The summed E-state index contributed by atoms with van der Waals surface area (Å²) >= 11 is 6.54. The van der Waals surface area contributed by atoms with Gasteiger partial charge in [-0.2, -0.15) is 0 Å². The molecule has 1 aromatic rings. The van der Waals surface area contributed by atoms with Crippen molar-refractivity contribution in [1.29, 1.82) is 0 Å². The van der Waals surface area contributed by atoms with Crippen LogP contribution in [0, 0.1) is 13.8 Å². The first-order valence-corrected chi connectivity index (χ1v) is 4.78. The molecule has 12 heavy (non-hydrogen) atoms. The highest BCUT2D eigenvalue weighted by molar-refractivity contribution is 7.80. The maximum atomic E-state index is 4.93. The Morgan fingerprint density at radius 2 is 2.17 bits per heavy atom. The minimum absolute atomic E-state index is 0.601. The predicted molar refractivity (Wildman–Crippen MR) is 56.9 cm³/mol. The van der Waals surface area contributed by atoms with E-state index < -0.39 is 0 Å². The van der Waals surface area contributed by atoms with Crippen molar-refractivity contribution in [1.82, 2.24) is 10.3 Å². The minimum Gasteiger partial charge on any atom is -0.365 e. The topological polar surface area (TPSA) is 37.0 Å². The van der Waals surface area contributed by atoms with Gasteiger partial charge in [-0.25, -0.2) is 4.98 Å². The molecule has 2 N–H and O–H groups in total. The Hall–Kier alpha value is -0.680. The van der Waals surface area contributed by atoms with Crippen LogP contribution in [0.15, 0.2) is 0 Å². The van der Waals surface area contributed by atoms with Crippen molar-refractivity contribution >= 4 is 33.8 Å². The lowest BCUT2D eigenvalue weighted by Crippen LogP contribution is -2.23. The van der Waals surface area contributed by atoms with Gasteiger partial charge in [0.25, 0.3) is 0 Å². The molecule has 0 atom stereocenters. The molecular weight excluding hydrogens is 190 g/mol. The molecule has 1 aromatic heterocycles. The fraction of sp³-hybridized carbons (Fsp3) is 0.429. The van der Waals surface area contributed by atoms with Gasteiger partial charge >= 0.3 is 0 Å². The SMILES string of the molecule is CNC(=S)Nc1nc(C)c(C)s1. The summed E-state index contributed by atoms with van der Waals surface area (Å²) in [7, 11) is 1.78. The van der Waals surface area contributed by atoms with E-state index in [4.69, 9.17) is 12.2 Å². The van der Waals surface area contributed by atoms with E-state index in [0.717, 1.165) is 10.8 Å². The molecule has 0 bridgehead atoms. The van der Waals surface area contributed by atoms with Crippen molar-refractivity contribution in [3.8, 4) is 0 Å². The fourth-order valence-electron chi connectivity index (χ4n) is 0.686. The zero-order chi connectivity index (χ0) is 9.14. The summed E-state index contributed by atoms with van der Waals surface area (Å²) in [6.45, 7) is 4.03. The first-order valence-electron chi connectivity index (χ1n) is 3.56. The predicted octanol–water partition coefficient (Wildman–Crippen LogP) is 1.68. The van der Waals surface area contributed by atoms with Gasteiger partial charge in [-0.3, -0.25) is 0 Å². The average molecular weight is 201 g/mol. The van der Waals surface area contributed by atoms with Crippen LogP contribution >= 0.6 is 23.6 Å². The molecule has 0 fully saturated rings. The zero-order valence-electron chi connectivity index (χ0n) is 7.26. The molecule has 0 radical (unpaired) electrons. The molecular formula is C7H11N3S2. The summed E-state index contributed by atoms with van der Waals surface area (Å²) in [5.41, 5.74) is 1.06. The minimum atomic E-state index is 0.601. The molecule has 66 valence electrons. The lowest BCUT2D eigenvalue weighted by atomic mass is 10.4. The second-order valence-corrected chi connectivity index (χ2v) is 3.98. The second kappa shape index (κ2) is 3.82. The number of anilines is 1. The van der Waals surface area contributed by atoms with Crippen LogP contribution in [0.4, 0.5) is 5.13 Å². The number of aryl methyl sites for hydroxylation is 2. The Balaban J connectivity index is 2.70.